The van der Waals surface area contributed by atoms with Gasteiger partial charge in [0.15, 0.2) is 0 Å². The van der Waals surface area contributed by atoms with Crippen molar-refractivity contribution in [3.63, 3.8) is 0 Å². The van der Waals surface area contributed by atoms with Crippen LogP contribution in [0.2, 0.25) is 0 Å². The van der Waals surface area contributed by atoms with E-state index in [0.717, 1.165) is 17.9 Å². The number of furan rings is 1. The average Bonchev–Trinajstić information content (AvgIpc) is 2.35. The third kappa shape index (κ3) is 2.78. The van der Waals surface area contributed by atoms with E-state index in [1.165, 1.54) is 6.92 Å². The van der Waals surface area contributed by atoms with Crippen LogP contribution in [0.5, 0.6) is 0 Å². The van der Waals surface area contributed by atoms with Gasteiger partial charge in [-0.1, -0.05) is 0 Å². The number of rotatable bonds is 3. The zero-order chi connectivity index (χ0) is 8.97. The van der Waals surface area contributed by atoms with Crippen molar-refractivity contribution in [2.45, 2.75) is 20.3 Å². The Morgan fingerprint density at radius 2 is 2.33 bits per heavy atom. The number of hydrogen-bond acceptors (Lipinski definition) is 2. The molecule has 0 atom stereocenters. The molecule has 1 rings (SSSR count). The van der Waals surface area contributed by atoms with Crippen molar-refractivity contribution in [2.75, 3.05) is 6.54 Å². The lowest BCUT2D eigenvalue weighted by Gasteiger charge is -1.98. The second kappa shape index (κ2) is 3.95. The molecule has 0 unspecified atom stereocenters. The van der Waals surface area contributed by atoms with Crippen LogP contribution in [-0.4, -0.2) is 12.5 Å². The summed E-state index contributed by atoms with van der Waals surface area (Å²) in [5.41, 5.74) is 0. The van der Waals surface area contributed by atoms with Crippen LogP contribution in [-0.2, 0) is 11.2 Å². The first-order chi connectivity index (χ1) is 5.68. The predicted octanol–water partition coefficient (Wildman–Crippen LogP) is 1.27. The van der Waals surface area contributed by atoms with Crippen LogP contribution in [0.15, 0.2) is 16.5 Å². The molecule has 0 saturated carbocycles. The number of hydrogen-bond donors (Lipinski definition) is 1. The van der Waals surface area contributed by atoms with Crippen LogP contribution < -0.4 is 5.32 Å². The van der Waals surface area contributed by atoms with Crippen molar-refractivity contribution < 1.29 is 9.21 Å². The monoisotopic (exact) mass is 167 g/mol. The molecule has 1 N–H and O–H groups in total. The Morgan fingerprint density at radius 3 is 2.83 bits per heavy atom. The van der Waals surface area contributed by atoms with E-state index in [1.807, 2.05) is 19.1 Å². The summed E-state index contributed by atoms with van der Waals surface area (Å²) in [5, 5.41) is 2.70. The van der Waals surface area contributed by atoms with Gasteiger partial charge in [0, 0.05) is 19.9 Å². The Hall–Kier alpha value is -1.25. The van der Waals surface area contributed by atoms with E-state index in [0.29, 0.717) is 6.54 Å². The molecule has 0 aliphatic carbocycles. The third-order valence-electron chi connectivity index (χ3n) is 1.54. The van der Waals surface area contributed by atoms with Crippen molar-refractivity contribution in [1.82, 2.24) is 5.32 Å². The van der Waals surface area contributed by atoms with E-state index in [1.54, 1.807) is 0 Å². The molecule has 0 fully saturated rings. The van der Waals surface area contributed by atoms with Gasteiger partial charge in [-0.3, -0.25) is 4.79 Å². The molecule has 0 saturated heterocycles. The zero-order valence-electron chi connectivity index (χ0n) is 7.39. The van der Waals surface area contributed by atoms with Crippen LogP contribution in [0, 0.1) is 6.92 Å². The molecule has 66 valence electrons. The van der Waals surface area contributed by atoms with Crippen molar-refractivity contribution >= 4 is 5.91 Å². The molecule has 0 aliphatic heterocycles. The first kappa shape index (κ1) is 8.84. The van der Waals surface area contributed by atoms with E-state index in [9.17, 15) is 4.79 Å². The van der Waals surface area contributed by atoms with Gasteiger partial charge in [0.2, 0.25) is 5.91 Å². The minimum Gasteiger partial charge on any atom is -0.466 e. The van der Waals surface area contributed by atoms with Crippen LogP contribution in [0.1, 0.15) is 18.4 Å². The lowest BCUT2D eigenvalue weighted by molar-refractivity contribution is -0.118. The van der Waals surface area contributed by atoms with Crippen LogP contribution in [0.3, 0.4) is 0 Å². The highest BCUT2D eigenvalue weighted by molar-refractivity contribution is 5.72. The molecular weight excluding hydrogens is 154 g/mol. The Balaban J connectivity index is 2.29. The summed E-state index contributed by atoms with van der Waals surface area (Å²) in [6.45, 7) is 4.05. The molecule has 0 aliphatic rings. The third-order valence-corrected chi connectivity index (χ3v) is 1.54. The van der Waals surface area contributed by atoms with Gasteiger partial charge in [0.25, 0.3) is 0 Å². The number of nitrogens with one attached hydrogen (secondary N) is 1. The normalized spacial score (nSPS) is 9.83. The number of aryl methyl sites for hydroxylation is 1. The number of amides is 1. The Morgan fingerprint density at radius 1 is 1.58 bits per heavy atom. The summed E-state index contributed by atoms with van der Waals surface area (Å²) in [6.07, 6.45) is 0.757. The van der Waals surface area contributed by atoms with Crippen LogP contribution >= 0.6 is 0 Å². The predicted molar refractivity (Wildman–Crippen MR) is 45.8 cm³/mol. The summed E-state index contributed by atoms with van der Waals surface area (Å²) >= 11 is 0. The van der Waals surface area contributed by atoms with E-state index >= 15 is 0 Å². The van der Waals surface area contributed by atoms with Crippen molar-refractivity contribution in [1.29, 1.82) is 0 Å². The van der Waals surface area contributed by atoms with Gasteiger partial charge >= 0.3 is 0 Å². The van der Waals surface area contributed by atoms with E-state index in [2.05, 4.69) is 5.32 Å². The zero-order valence-corrected chi connectivity index (χ0v) is 7.39. The highest BCUT2D eigenvalue weighted by atomic mass is 16.3. The molecular formula is C9H13NO2. The summed E-state index contributed by atoms with van der Waals surface area (Å²) in [5.74, 6) is 1.83. The van der Waals surface area contributed by atoms with Crippen LogP contribution in [0.4, 0.5) is 0 Å². The minimum absolute atomic E-state index is 0.00159. The molecule has 1 amide bonds. The molecule has 0 radical (unpaired) electrons. The smallest absolute Gasteiger partial charge is 0.216 e. The average molecular weight is 167 g/mol. The highest BCUT2D eigenvalue weighted by Crippen LogP contribution is 2.05. The van der Waals surface area contributed by atoms with Gasteiger partial charge in [-0.15, -0.1) is 0 Å². The molecule has 3 heteroatoms. The first-order valence-electron chi connectivity index (χ1n) is 3.98. The Bertz CT molecular complexity index is 265. The largest absolute Gasteiger partial charge is 0.466 e. The van der Waals surface area contributed by atoms with Crippen molar-refractivity contribution in [2.24, 2.45) is 0 Å². The molecule has 0 aromatic carbocycles. The highest BCUT2D eigenvalue weighted by Gasteiger charge is 1.97. The van der Waals surface area contributed by atoms with Gasteiger partial charge in [0.1, 0.15) is 11.5 Å². The molecule has 0 spiro atoms. The number of carbonyl (C=O) groups excluding carboxylic acids is 1. The summed E-state index contributed by atoms with van der Waals surface area (Å²) in [7, 11) is 0. The van der Waals surface area contributed by atoms with Gasteiger partial charge < -0.3 is 9.73 Å². The summed E-state index contributed by atoms with van der Waals surface area (Å²) in [4.78, 5) is 10.5. The maximum Gasteiger partial charge on any atom is 0.216 e. The fourth-order valence-corrected chi connectivity index (χ4v) is 0.981. The molecule has 0 bridgehead atoms. The van der Waals surface area contributed by atoms with Gasteiger partial charge in [-0.2, -0.15) is 0 Å². The molecule has 1 aromatic heterocycles. The maximum atomic E-state index is 10.5. The number of carbonyl (C=O) groups is 1. The Kier molecular flexibility index (Phi) is 2.91. The van der Waals surface area contributed by atoms with Gasteiger partial charge in [0.05, 0.1) is 0 Å². The summed E-state index contributed by atoms with van der Waals surface area (Å²) in [6, 6.07) is 3.85. The Labute approximate surface area is 71.8 Å². The second-order valence-corrected chi connectivity index (χ2v) is 2.75. The van der Waals surface area contributed by atoms with Crippen molar-refractivity contribution in [3.05, 3.63) is 23.7 Å². The molecule has 1 heterocycles. The second-order valence-electron chi connectivity index (χ2n) is 2.75. The SMILES string of the molecule is CC(=O)NCCc1ccc(C)o1. The fraction of sp³-hybridized carbons (Fsp3) is 0.444. The molecule has 3 nitrogen and oxygen atoms in total. The van der Waals surface area contributed by atoms with Gasteiger partial charge in [-0.05, 0) is 19.1 Å². The standard InChI is InChI=1S/C9H13NO2/c1-7-3-4-9(12-7)5-6-10-8(2)11/h3-4H,5-6H2,1-2H3,(H,10,11). The van der Waals surface area contributed by atoms with Crippen molar-refractivity contribution in [3.8, 4) is 0 Å². The first-order valence-corrected chi connectivity index (χ1v) is 3.98. The molecule has 12 heavy (non-hydrogen) atoms. The lowest BCUT2D eigenvalue weighted by Crippen LogP contribution is -2.22. The van der Waals surface area contributed by atoms with E-state index in [4.69, 9.17) is 4.42 Å². The van der Waals surface area contributed by atoms with Gasteiger partial charge in [-0.25, -0.2) is 0 Å². The summed E-state index contributed by atoms with van der Waals surface area (Å²) < 4.78 is 5.31. The lowest BCUT2D eigenvalue weighted by atomic mass is 10.3. The van der Waals surface area contributed by atoms with E-state index in [-0.39, 0.29) is 5.91 Å². The van der Waals surface area contributed by atoms with Crippen LogP contribution in [0.25, 0.3) is 0 Å². The maximum absolute atomic E-state index is 10.5. The minimum atomic E-state index is -0.00159. The topological polar surface area (TPSA) is 42.2 Å². The van der Waals surface area contributed by atoms with E-state index < -0.39 is 0 Å². The quantitative estimate of drug-likeness (QED) is 0.736. The molecule has 1 aromatic rings. The fourth-order valence-electron chi connectivity index (χ4n) is 0.981.